The van der Waals surface area contributed by atoms with E-state index in [1.807, 2.05) is 0 Å². The minimum Gasteiger partial charge on any atom is -0.383 e. The number of methoxy groups -OCH3 is 1. The third kappa shape index (κ3) is 4.24. The number of rotatable bonds is 8. The number of nitrogens with one attached hydrogen (secondary N) is 1. The van der Waals surface area contributed by atoms with Gasteiger partial charge < -0.3 is 10.1 Å². The summed E-state index contributed by atoms with van der Waals surface area (Å²) in [4.78, 5) is 0. The Labute approximate surface area is 113 Å². The number of ether oxygens (including phenoxy) is 1. The van der Waals surface area contributed by atoms with Crippen molar-refractivity contribution in [2.45, 2.75) is 58.3 Å². The third-order valence-corrected chi connectivity index (χ3v) is 5.05. The van der Waals surface area contributed by atoms with Crippen molar-refractivity contribution >= 4 is 0 Å². The molecule has 0 heterocycles. The molecule has 106 valence electrons. The van der Waals surface area contributed by atoms with Crippen molar-refractivity contribution in [3.63, 3.8) is 0 Å². The van der Waals surface area contributed by atoms with Gasteiger partial charge in [0.2, 0.25) is 0 Å². The Balaban J connectivity index is 1.77. The summed E-state index contributed by atoms with van der Waals surface area (Å²) >= 11 is 0. The Kier molecular flexibility index (Phi) is 5.50. The topological polar surface area (TPSA) is 21.3 Å². The van der Waals surface area contributed by atoms with E-state index in [1.165, 1.54) is 57.9 Å². The fraction of sp³-hybridized carbons (Fsp3) is 1.00. The van der Waals surface area contributed by atoms with Crippen LogP contribution in [0.25, 0.3) is 0 Å². The first kappa shape index (κ1) is 14.3. The maximum absolute atomic E-state index is 5.12. The van der Waals surface area contributed by atoms with E-state index in [2.05, 4.69) is 12.2 Å². The standard InChI is InChI=1S/C16H31NO/c1-16(15-8-9-15,13-17-10-11-18-2)12-14-6-4-3-5-7-14/h14-15,17H,3-13H2,1-2H3. The summed E-state index contributed by atoms with van der Waals surface area (Å²) in [5.74, 6) is 2.00. The molecule has 1 unspecified atom stereocenters. The Morgan fingerprint density at radius 2 is 1.83 bits per heavy atom. The van der Waals surface area contributed by atoms with Crippen LogP contribution in [-0.4, -0.2) is 26.8 Å². The van der Waals surface area contributed by atoms with Crippen LogP contribution in [0.5, 0.6) is 0 Å². The van der Waals surface area contributed by atoms with Crippen LogP contribution in [0.3, 0.4) is 0 Å². The third-order valence-electron chi connectivity index (χ3n) is 5.05. The van der Waals surface area contributed by atoms with Gasteiger partial charge in [-0.25, -0.2) is 0 Å². The second-order valence-electron chi connectivity index (χ2n) is 6.81. The smallest absolute Gasteiger partial charge is 0.0587 e. The van der Waals surface area contributed by atoms with Crippen LogP contribution >= 0.6 is 0 Å². The van der Waals surface area contributed by atoms with E-state index in [0.717, 1.165) is 25.0 Å². The number of hydrogen-bond acceptors (Lipinski definition) is 2. The predicted molar refractivity (Wildman–Crippen MR) is 76.8 cm³/mol. The van der Waals surface area contributed by atoms with E-state index in [0.29, 0.717) is 5.41 Å². The van der Waals surface area contributed by atoms with E-state index in [1.54, 1.807) is 7.11 Å². The van der Waals surface area contributed by atoms with Crippen molar-refractivity contribution in [3.8, 4) is 0 Å². The van der Waals surface area contributed by atoms with Crippen LogP contribution in [0, 0.1) is 17.3 Å². The Hall–Kier alpha value is -0.0800. The van der Waals surface area contributed by atoms with Gasteiger partial charge in [0.1, 0.15) is 0 Å². The quantitative estimate of drug-likeness (QED) is 0.667. The zero-order valence-electron chi connectivity index (χ0n) is 12.3. The lowest BCUT2D eigenvalue weighted by Crippen LogP contribution is -2.37. The van der Waals surface area contributed by atoms with Crippen LogP contribution in [0.15, 0.2) is 0 Å². The van der Waals surface area contributed by atoms with Gasteiger partial charge in [-0.05, 0) is 36.5 Å². The molecule has 1 atom stereocenters. The second-order valence-corrected chi connectivity index (χ2v) is 6.81. The zero-order valence-corrected chi connectivity index (χ0v) is 12.3. The molecule has 0 bridgehead atoms. The van der Waals surface area contributed by atoms with Crippen molar-refractivity contribution in [1.82, 2.24) is 5.32 Å². The Bertz CT molecular complexity index is 233. The summed E-state index contributed by atoms with van der Waals surface area (Å²) in [7, 11) is 1.78. The van der Waals surface area contributed by atoms with Gasteiger partial charge in [0, 0.05) is 20.2 Å². The molecule has 0 aliphatic heterocycles. The lowest BCUT2D eigenvalue weighted by atomic mass is 9.72. The van der Waals surface area contributed by atoms with Gasteiger partial charge in [-0.2, -0.15) is 0 Å². The maximum Gasteiger partial charge on any atom is 0.0587 e. The molecular weight excluding hydrogens is 222 g/mol. The second kappa shape index (κ2) is 6.91. The van der Waals surface area contributed by atoms with Gasteiger partial charge in [0.15, 0.2) is 0 Å². The van der Waals surface area contributed by atoms with Gasteiger partial charge >= 0.3 is 0 Å². The van der Waals surface area contributed by atoms with Crippen molar-refractivity contribution in [2.24, 2.45) is 17.3 Å². The molecule has 0 aromatic heterocycles. The molecule has 0 amide bonds. The summed E-state index contributed by atoms with van der Waals surface area (Å²) < 4.78 is 5.12. The lowest BCUT2D eigenvalue weighted by Gasteiger charge is -2.35. The van der Waals surface area contributed by atoms with Crippen LogP contribution in [-0.2, 0) is 4.74 Å². The summed E-state index contributed by atoms with van der Waals surface area (Å²) in [6.07, 6.45) is 11.8. The molecule has 0 saturated heterocycles. The van der Waals surface area contributed by atoms with Gasteiger partial charge in [-0.15, -0.1) is 0 Å². The Morgan fingerprint density at radius 3 is 2.44 bits per heavy atom. The molecule has 2 rings (SSSR count). The molecule has 1 N–H and O–H groups in total. The van der Waals surface area contributed by atoms with Crippen LogP contribution in [0.1, 0.15) is 58.3 Å². The fourth-order valence-electron chi connectivity index (χ4n) is 3.76. The molecule has 0 radical (unpaired) electrons. The molecule has 2 heteroatoms. The molecule has 2 saturated carbocycles. The van der Waals surface area contributed by atoms with Crippen molar-refractivity contribution in [3.05, 3.63) is 0 Å². The van der Waals surface area contributed by atoms with Crippen molar-refractivity contribution in [2.75, 3.05) is 26.8 Å². The molecule has 2 aliphatic carbocycles. The lowest BCUT2D eigenvalue weighted by molar-refractivity contribution is 0.156. The largest absolute Gasteiger partial charge is 0.383 e. The van der Waals surface area contributed by atoms with Crippen LogP contribution in [0.4, 0.5) is 0 Å². The van der Waals surface area contributed by atoms with Crippen molar-refractivity contribution in [1.29, 1.82) is 0 Å². The highest BCUT2D eigenvalue weighted by molar-refractivity contribution is 4.94. The normalized spacial score (nSPS) is 25.0. The van der Waals surface area contributed by atoms with E-state index in [9.17, 15) is 0 Å². The molecule has 18 heavy (non-hydrogen) atoms. The first-order valence-corrected chi connectivity index (χ1v) is 7.94. The highest BCUT2D eigenvalue weighted by atomic mass is 16.5. The molecule has 0 aromatic carbocycles. The van der Waals surface area contributed by atoms with Gasteiger partial charge in [0.25, 0.3) is 0 Å². The minimum atomic E-state index is 0.551. The molecular formula is C16H31NO. The molecule has 0 aromatic rings. The summed E-state index contributed by atoms with van der Waals surface area (Å²) in [6, 6.07) is 0. The molecule has 2 nitrogen and oxygen atoms in total. The van der Waals surface area contributed by atoms with Crippen LogP contribution < -0.4 is 5.32 Å². The summed E-state index contributed by atoms with van der Waals surface area (Å²) in [6.45, 7) is 5.56. The van der Waals surface area contributed by atoms with Crippen LogP contribution in [0.2, 0.25) is 0 Å². The van der Waals surface area contributed by atoms with Gasteiger partial charge in [0.05, 0.1) is 6.61 Å². The molecule has 2 fully saturated rings. The van der Waals surface area contributed by atoms with Crippen molar-refractivity contribution < 1.29 is 4.74 Å². The van der Waals surface area contributed by atoms with E-state index in [4.69, 9.17) is 4.74 Å². The minimum absolute atomic E-state index is 0.551. The maximum atomic E-state index is 5.12. The summed E-state index contributed by atoms with van der Waals surface area (Å²) in [5, 5.41) is 3.61. The highest BCUT2D eigenvalue weighted by Crippen LogP contribution is 2.50. The van der Waals surface area contributed by atoms with E-state index in [-0.39, 0.29) is 0 Å². The molecule has 2 aliphatic rings. The highest BCUT2D eigenvalue weighted by Gasteiger charge is 2.42. The SMILES string of the molecule is COCCNCC(C)(CC1CCCCC1)C1CC1. The predicted octanol–water partition coefficient (Wildman–Crippen LogP) is 3.61. The van der Waals surface area contributed by atoms with Gasteiger partial charge in [-0.3, -0.25) is 0 Å². The number of hydrogen-bond donors (Lipinski definition) is 1. The van der Waals surface area contributed by atoms with Gasteiger partial charge in [-0.1, -0.05) is 39.0 Å². The average molecular weight is 253 g/mol. The zero-order chi connectivity index (χ0) is 12.8. The Morgan fingerprint density at radius 1 is 1.11 bits per heavy atom. The fourth-order valence-corrected chi connectivity index (χ4v) is 3.76. The summed E-state index contributed by atoms with van der Waals surface area (Å²) in [5.41, 5.74) is 0.551. The monoisotopic (exact) mass is 253 g/mol. The average Bonchev–Trinajstić information content (AvgIpc) is 3.20. The van der Waals surface area contributed by atoms with E-state index >= 15 is 0 Å². The first-order chi connectivity index (χ1) is 8.74. The van der Waals surface area contributed by atoms with E-state index < -0.39 is 0 Å². The molecule has 0 spiro atoms. The first-order valence-electron chi connectivity index (χ1n) is 7.94.